The normalized spacial score (nSPS) is 12.9. The molecule has 0 atom stereocenters. The Kier molecular flexibility index (Phi) is 8.09. The van der Waals surface area contributed by atoms with Gasteiger partial charge in [-0.25, -0.2) is 15.0 Å². The fourth-order valence-corrected chi connectivity index (χ4v) is 8.51. The predicted octanol–water partition coefficient (Wildman–Crippen LogP) is 5.91. The summed E-state index contributed by atoms with van der Waals surface area (Å²) in [5, 5.41) is 2.42. The highest BCUT2D eigenvalue weighted by molar-refractivity contribution is 6.68. The minimum Gasteiger partial charge on any atom is -0.309 e. The molecule has 0 N–H and O–H groups in total. The van der Waals surface area contributed by atoms with Gasteiger partial charge in [0, 0.05) is 38.6 Å². The van der Waals surface area contributed by atoms with Crippen LogP contribution in [0.15, 0.2) is 140 Å². The molecule has 0 fully saturated rings. The van der Waals surface area contributed by atoms with Crippen LogP contribution in [-0.4, -0.2) is 58.8 Å². The average molecular weight is 716 g/mol. The van der Waals surface area contributed by atoms with Gasteiger partial charge in [-0.1, -0.05) is 116 Å². The van der Waals surface area contributed by atoms with Gasteiger partial charge < -0.3 is 4.57 Å². The van der Waals surface area contributed by atoms with E-state index in [9.17, 15) is 0 Å². The minimum atomic E-state index is -0.102. The summed E-state index contributed by atoms with van der Waals surface area (Å²) in [4.78, 5) is 14.9. The first-order chi connectivity index (χ1) is 27.6. The highest BCUT2D eigenvalue weighted by Crippen LogP contribution is 2.51. The van der Waals surface area contributed by atoms with Gasteiger partial charge >= 0.3 is 0 Å². The molecule has 10 rings (SSSR count). The Morgan fingerprint density at radius 1 is 0.421 bits per heavy atom. The molecule has 256 valence electrons. The van der Waals surface area contributed by atoms with Crippen LogP contribution in [0.2, 0.25) is 0 Å². The summed E-state index contributed by atoms with van der Waals surface area (Å²) in [5.74, 6) is 1.10. The third-order valence-electron chi connectivity index (χ3n) is 11.5. The number of hydrogen-bond donors (Lipinski definition) is 0. The molecule has 2 heterocycles. The molecule has 0 aliphatic heterocycles. The molecule has 57 heavy (non-hydrogen) atoms. The van der Waals surface area contributed by atoms with Crippen LogP contribution in [0.3, 0.4) is 0 Å². The predicted molar refractivity (Wildman–Crippen MR) is 240 cm³/mol. The first-order valence-electron chi connectivity index (χ1n) is 18.8. The van der Waals surface area contributed by atoms with E-state index in [4.69, 9.17) is 54.2 Å². The van der Waals surface area contributed by atoms with E-state index in [1.165, 1.54) is 33.0 Å². The SMILES string of the molecule is [B]c1c([B])c([B])c(-c2nc(-c3ccc(-n4c5ccccc5c5cc6c(cc54)-c4ccccc4C6(C)C)cc3)nc(-c3cccc(-c4ccccc4)c3)n2)c([B])c1[B]. The van der Waals surface area contributed by atoms with Crippen LogP contribution in [0, 0.1) is 0 Å². The van der Waals surface area contributed by atoms with Crippen molar-refractivity contribution in [1.29, 1.82) is 0 Å². The summed E-state index contributed by atoms with van der Waals surface area (Å²) < 4.78 is 2.34. The molecule has 0 bridgehead atoms. The van der Waals surface area contributed by atoms with E-state index in [2.05, 4.69) is 115 Å². The monoisotopic (exact) mass is 716 g/mol. The Labute approximate surface area is 338 Å². The van der Waals surface area contributed by atoms with Crippen molar-refractivity contribution in [3.8, 4) is 62.1 Å². The molecule has 9 aromatic rings. The molecule has 0 unspecified atom stereocenters. The van der Waals surface area contributed by atoms with Crippen molar-refractivity contribution in [3.63, 3.8) is 0 Å². The fourth-order valence-electron chi connectivity index (χ4n) is 8.51. The molecule has 2 aromatic heterocycles. The Morgan fingerprint density at radius 2 is 1.02 bits per heavy atom. The standard InChI is InChI=1S/C48H29B5N4/c1-48(2)35-17-8-6-15-31(35)33-25-38-34(24-36(33)48)32-16-7-9-18-37(32)57(38)30-21-19-27(20-22-30)45-54-46(29-14-10-13-28(23-29)26-11-4-3-5-12-26)56-47(55-45)39-40(49)42(51)44(53)43(52)41(39)50/h3-25H,1-2H3. The zero-order chi connectivity index (χ0) is 39.2. The van der Waals surface area contributed by atoms with Gasteiger partial charge in [0.1, 0.15) is 39.2 Å². The summed E-state index contributed by atoms with van der Waals surface area (Å²) in [6.07, 6.45) is 0. The number of benzene rings is 7. The van der Waals surface area contributed by atoms with Crippen molar-refractivity contribution < 1.29 is 0 Å². The van der Waals surface area contributed by atoms with Crippen LogP contribution in [0.4, 0.5) is 0 Å². The largest absolute Gasteiger partial charge is 0.309 e. The molecule has 1 aliphatic rings. The zero-order valence-electron chi connectivity index (χ0n) is 31.5. The van der Waals surface area contributed by atoms with Crippen LogP contribution >= 0.6 is 0 Å². The van der Waals surface area contributed by atoms with Crippen molar-refractivity contribution in [1.82, 2.24) is 19.5 Å². The van der Waals surface area contributed by atoms with Gasteiger partial charge in [-0.05, 0) is 81.9 Å². The van der Waals surface area contributed by atoms with Crippen LogP contribution in [-0.2, 0) is 5.41 Å². The number of para-hydroxylation sites is 1. The lowest BCUT2D eigenvalue weighted by Gasteiger charge is -2.21. The van der Waals surface area contributed by atoms with Crippen LogP contribution in [0.25, 0.3) is 83.9 Å². The van der Waals surface area contributed by atoms with Crippen LogP contribution in [0.1, 0.15) is 25.0 Å². The molecular formula is C48H29B5N4. The lowest BCUT2D eigenvalue weighted by Crippen LogP contribution is -2.55. The van der Waals surface area contributed by atoms with Gasteiger partial charge in [0.25, 0.3) is 0 Å². The summed E-state index contributed by atoms with van der Waals surface area (Å²) in [5.41, 5.74) is 13.1. The van der Waals surface area contributed by atoms with Gasteiger partial charge in [-0.2, -0.15) is 0 Å². The van der Waals surface area contributed by atoms with Crippen molar-refractivity contribution in [2.75, 3.05) is 0 Å². The highest BCUT2D eigenvalue weighted by Gasteiger charge is 2.36. The summed E-state index contributed by atoms with van der Waals surface area (Å²) >= 11 is 0. The summed E-state index contributed by atoms with van der Waals surface area (Å²) in [6.45, 7) is 4.64. The fraction of sp³-hybridized carbons (Fsp3) is 0.0625. The second-order valence-electron chi connectivity index (χ2n) is 15.2. The average Bonchev–Trinajstić information content (AvgIpc) is 3.69. The van der Waals surface area contributed by atoms with E-state index in [1.54, 1.807) is 0 Å². The van der Waals surface area contributed by atoms with Crippen molar-refractivity contribution in [2.45, 2.75) is 19.3 Å². The van der Waals surface area contributed by atoms with Gasteiger partial charge in [0.2, 0.25) is 0 Å². The molecule has 1 aliphatic carbocycles. The van der Waals surface area contributed by atoms with Gasteiger partial charge in [-0.15, -0.1) is 16.4 Å². The minimum absolute atomic E-state index is 0.102. The van der Waals surface area contributed by atoms with E-state index < -0.39 is 0 Å². The Hall–Kier alpha value is -6.33. The number of nitrogens with zero attached hydrogens (tertiary/aromatic N) is 4. The number of hydrogen-bond acceptors (Lipinski definition) is 3. The highest BCUT2D eigenvalue weighted by atomic mass is 15.0. The topological polar surface area (TPSA) is 43.6 Å². The lowest BCUT2D eigenvalue weighted by molar-refractivity contribution is 0.661. The Morgan fingerprint density at radius 3 is 1.77 bits per heavy atom. The molecule has 0 amide bonds. The quantitative estimate of drug-likeness (QED) is 0.208. The van der Waals surface area contributed by atoms with Crippen LogP contribution in [0.5, 0.6) is 0 Å². The third kappa shape index (κ3) is 5.47. The number of fused-ring (bicyclic) bond motifs is 6. The second kappa shape index (κ2) is 13.1. The van der Waals surface area contributed by atoms with Crippen molar-refractivity contribution in [2.24, 2.45) is 0 Å². The maximum atomic E-state index is 6.56. The number of aromatic nitrogens is 4. The first kappa shape index (κ1) is 35.1. The van der Waals surface area contributed by atoms with E-state index in [0.29, 0.717) is 17.2 Å². The van der Waals surface area contributed by atoms with E-state index >= 15 is 0 Å². The van der Waals surface area contributed by atoms with Gasteiger partial charge in [-0.3, -0.25) is 0 Å². The van der Waals surface area contributed by atoms with Gasteiger partial charge in [0.05, 0.1) is 11.0 Å². The number of rotatable bonds is 5. The van der Waals surface area contributed by atoms with E-state index in [0.717, 1.165) is 39.0 Å². The third-order valence-corrected chi connectivity index (χ3v) is 11.5. The molecule has 0 saturated carbocycles. The summed E-state index contributed by atoms with van der Waals surface area (Å²) in [6, 6.07) is 48.6. The summed E-state index contributed by atoms with van der Waals surface area (Å²) in [7, 11) is 31.9. The van der Waals surface area contributed by atoms with Crippen molar-refractivity contribution in [3.05, 3.63) is 151 Å². The molecule has 10 radical (unpaired) electrons. The molecule has 7 aromatic carbocycles. The van der Waals surface area contributed by atoms with Crippen LogP contribution < -0.4 is 27.3 Å². The molecule has 0 saturated heterocycles. The van der Waals surface area contributed by atoms with Gasteiger partial charge in [0.15, 0.2) is 17.5 Å². The Balaban J connectivity index is 1.14. The molecule has 0 spiro atoms. The first-order valence-corrected chi connectivity index (χ1v) is 18.8. The van der Waals surface area contributed by atoms with E-state index in [-0.39, 0.29) is 38.6 Å². The van der Waals surface area contributed by atoms with E-state index in [1.807, 2.05) is 42.5 Å². The molecule has 9 heteroatoms. The van der Waals surface area contributed by atoms with Crippen molar-refractivity contribution >= 4 is 88.4 Å². The maximum Gasteiger partial charge on any atom is 0.164 e. The molecular weight excluding hydrogens is 687 g/mol. The zero-order valence-corrected chi connectivity index (χ0v) is 31.5. The Bertz CT molecular complexity index is 3070. The maximum absolute atomic E-state index is 6.56. The lowest BCUT2D eigenvalue weighted by atomic mass is 9.60. The second-order valence-corrected chi connectivity index (χ2v) is 15.2. The molecule has 4 nitrogen and oxygen atoms in total. The smallest absolute Gasteiger partial charge is 0.164 e.